The maximum Gasteiger partial charge on any atom is 0.251 e. The summed E-state index contributed by atoms with van der Waals surface area (Å²) in [6.45, 7) is 5.21. The minimum Gasteiger partial charge on any atom is -0.324 e. The van der Waals surface area contributed by atoms with Gasteiger partial charge in [0.25, 0.3) is 5.56 Å². The van der Waals surface area contributed by atoms with Crippen LogP contribution in [0.5, 0.6) is 0 Å². The maximum absolute atomic E-state index is 11.9. The van der Waals surface area contributed by atoms with E-state index in [1.54, 1.807) is 32.0 Å². The molecule has 22 heavy (non-hydrogen) atoms. The van der Waals surface area contributed by atoms with Gasteiger partial charge in [-0.2, -0.15) is 0 Å². The quantitative estimate of drug-likeness (QED) is 0.799. The van der Waals surface area contributed by atoms with Gasteiger partial charge in [0.05, 0.1) is 5.54 Å². The number of nitrogens with two attached hydrogens (primary N) is 1. The van der Waals surface area contributed by atoms with Crippen LogP contribution in [0.15, 0.2) is 35.1 Å². The Kier molecular flexibility index (Phi) is 4.42. The fourth-order valence-electron chi connectivity index (χ4n) is 1.86. The number of nitrogens with one attached hydrogen (secondary N) is 2. The number of aromatic amines is 1. The van der Waals surface area contributed by atoms with Crippen LogP contribution in [0.2, 0.25) is 0 Å². The molecule has 1 heterocycles. The Hall–Kier alpha value is -2.47. The standard InChI is InChI=1S/C16H20N4O2/c1-4-11-9-13(21)20-14(18-11)10-6-5-7-12(8-10)19-15(22)16(2,3)17/h5-9H,4,17H2,1-3H3,(H,19,22)(H,18,20,21). The van der Waals surface area contributed by atoms with E-state index in [1.165, 1.54) is 6.07 Å². The first-order chi connectivity index (χ1) is 10.3. The Labute approximate surface area is 128 Å². The Morgan fingerprint density at radius 3 is 2.73 bits per heavy atom. The monoisotopic (exact) mass is 300 g/mol. The van der Waals surface area contributed by atoms with Crippen LogP contribution in [0.3, 0.4) is 0 Å². The number of carbonyl (C=O) groups is 1. The molecule has 0 saturated carbocycles. The average Bonchev–Trinajstić information content (AvgIpc) is 2.46. The molecule has 0 aliphatic rings. The predicted molar refractivity (Wildman–Crippen MR) is 86.6 cm³/mol. The molecule has 4 N–H and O–H groups in total. The topological polar surface area (TPSA) is 101 Å². The SMILES string of the molecule is CCc1cc(=O)[nH]c(-c2cccc(NC(=O)C(C)(C)N)c2)n1. The van der Waals surface area contributed by atoms with Crippen molar-refractivity contribution >= 4 is 11.6 Å². The van der Waals surface area contributed by atoms with Crippen molar-refractivity contribution in [2.75, 3.05) is 5.32 Å². The van der Waals surface area contributed by atoms with Gasteiger partial charge < -0.3 is 16.0 Å². The summed E-state index contributed by atoms with van der Waals surface area (Å²) in [6, 6.07) is 8.59. The van der Waals surface area contributed by atoms with E-state index in [0.29, 0.717) is 17.9 Å². The largest absolute Gasteiger partial charge is 0.324 e. The zero-order valence-electron chi connectivity index (χ0n) is 12.9. The fourth-order valence-corrected chi connectivity index (χ4v) is 1.86. The zero-order chi connectivity index (χ0) is 16.3. The zero-order valence-corrected chi connectivity index (χ0v) is 12.9. The van der Waals surface area contributed by atoms with E-state index in [4.69, 9.17) is 5.73 Å². The molecular weight excluding hydrogens is 280 g/mol. The van der Waals surface area contributed by atoms with Crippen LogP contribution >= 0.6 is 0 Å². The summed E-state index contributed by atoms with van der Waals surface area (Å²) in [4.78, 5) is 30.7. The van der Waals surface area contributed by atoms with Crippen LogP contribution in [-0.4, -0.2) is 21.4 Å². The highest BCUT2D eigenvalue weighted by molar-refractivity contribution is 5.97. The molecule has 116 valence electrons. The van der Waals surface area contributed by atoms with E-state index in [-0.39, 0.29) is 11.5 Å². The molecule has 0 fully saturated rings. The van der Waals surface area contributed by atoms with Crippen molar-refractivity contribution in [1.82, 2.24) is 9.97 Å². The number of carbonyl (C=O) groups excluding carboxylic acids is 1. The van der Waals surface area contributed by atoms with Gasteiger partial charge in [-0.25, -0.2) is 4.98 Å². The smallest absolute Gasteiger partial charge is 0.251 e. The highest BCUT2D eigenvalue weighted by atomic mass is 16.2. The molecule has 1 amide bonds. The summed E-state index contributed by atoms with van der Waals surface area (Å²) < 4.78 is 0. The second kappa shape index (κ2) is 6.11. The van der Waals surface area contributed by atoms with Crippen molar-refractivity contribution in [3.8, 4) is 11.4 Å². The van der Waals surface area contributed by atoms with Crippen LogP contribution < -0.4 is 16.6 Å². The molecule has 2 rings (SSSR count). The van der Waals surface area contributed by atoms with Crippen molar-refractivity contribution in [1.29, 1.82) is 0 Å². The third kappa shape index (κ3) is 3.79. The van der Waals surface area contributed by atoms with Crippen LogP contribution in [0, 0.1) is 0 Å². The van der Waals surface area contributed by atoms with Gasteiger partial charge >= 0.3 is 0 Å². The molecule has 0 bridgehead atoms. The Bertz CT molecular complexity index is 744. The number of aromatic nitrogens is 2. The molecule has 0 atom stereocenters. The van der Waals surface area contributed by atoms with Gasteiger partial charge in [0.2, 0.25) is 5.91 Å². The second-order valence-electron chi connectivity index (χ2n) is 5.70. The third-order valence-electron chi connectivity index (χ3n) is 3.14. The summed E-state index contributed by atoms with van der Waals surface area (Å²) in [5.41, 5.74) is 6.64. The number of anilines is 1. The van der Waals surface area contributed by atoms with Gasteiger partial charge in [0.1, 0.15) is 5.82 Å². The molecule has 0 saturated heterocycles. The highest BCUT2D eigenvalue weighted by Crippen LogP contribution is 2.19. The first-order valence-corrected chi connectivity index (χ1v) is 7.10. The van der Waals surface area contributed by atoms with Gasteiger partial charge in [0.15, 0.2) is 0 Å². The molecule has 1 aromatic heterocycles. The van der Waals surface area contributed by atoms with Gasteiger partial charge in [0, 0.05) is 23.0 Å². The van der Waals surface area contributed by atoms with Gasteiger partial charge in [-0.15, -0.1) is 0 Å². The lowest BCUT2D eigenvalue weighted by Gasteiger charge is -2.18. The first-order valence-electron chi connectivity index (χ1n) is 7.10. The Balaban J connectivity index is 2.35. The van der Waals surface area contributed by atoms with E-state index in [2.05, 4.69) is 15.3 Å². The molecule has 0 aliphatic carbocycles. The normalized spacial score (nSPS) is 11.3. The number of hydrogen-bond acceptors (Lipinski definition) is 4. The highest BCUT2D eigenvalue weighted by Gasteiger charge is 2.21. The molecule has 6 heteroatoms. The summed E-state index contributed by atoms with van der Waals surface area (Å²) in [6.07, 6.45) is 0.675. The molecule has 6 nitrogen and oxygen atoms in total. The molecule has 0 spiro atoms. The lowest BCUT2D eigenvalue weighted by Crippen LogP contribution is -2.45. The summed E-state index contributed by atoms with van der Waals surface area (Å²) in [5, 5.41) is 2.75. The molecule has 1 aromatic carbocycles. The maximum atomic E-state index is 11.9. The van der Waals surface area contributed by atoms with Crippen molar-refractivity contribution < 1.29 is 4.79 Å². The number of benzene rings is 1. The number of rotatable bonds is 4. The molecule has 0 aliphatic heterocycles. The Morgan fingerprint density at radius 2 is 2.09 bits per heavy atom. The summed E-state index contributed by atoms with van der Waals surface area (Å²) in [7, 11) is 0. The number of aryl methyl sites for hydroxylation is 1. The van der Waals surface area contributed by atoms with E-state index in [9.17, 15) is 9.59 Å². The van der Waals surface area contributed by atoms with E-state index in [1.807, 2.05) is 13.0 Å². The molecule has 2 aromatic rings. The molecular formula is C16H20N4O2. The third-order valence-corrected chi connectivity index (χ3v) is 3.14. The van der Waals surface area contributed by atoms with E-state index < -0.39 is 5.54 Å². The lowest BCUT2D eigenvalue weighted by molar-refractivity contribution is -0.120. The first kappa shape index (κ1) is 15.9. The minimum atomic E-state index is -0.968. The number of hydrogen-bond donors (Lipinski definition) is 3. The molecule has 0 radical (unpaired) electrons. The van der Waals surface area contributed by atoms with Crippen molar-refractivity contribution in [2.24, 2.45) is 5.73 Å². The van der Waals surface area contributed by atoms with Gasteiger partial charge in [-0.3, -0.25) is 9.59 Å². The fraction of sp³-hybridized carbons (Fsp3) is 0.312. The van der Waals surface area contributed by atoms with Crippen LogP contribution in [-0.2, 0) is 11.2 Å². The van der Waals surface area contributed by atoms with Crippen molar-refractivity contribution in [2.45, 2.75) is 32.7 Å². The summed E-state index contributed by atoms with van der Waals surface area (Å²) in [5.74, 6) is 0.195. The van der Waals surface area contributed by atoms with Crippen molar-refractivity contribution in [3.63, 3.8) is 0 Å². The van der Waals surface area contributed by atoms with Gasteiger partial charge in [-0.05, 0) is 32.4 Å². The lowest BCUT2D eigenvalue weighted by atomic mass is 10.1. The van der Waals surface area contributed by atoms with E-state index in [0.717, 1.165) is 11.3 Å². The summed E-state index contributed by atoms with van der Waals surface area (Å²) >= 11 is 0. The Morgan fingerprint density at radius 1 is 1.36 bits per heavy atom. The van der Waals surface area contributed by atoms with Gasteiger partial charge in [-0.1, -0.05) is 19.1 Å². The number of nitrogens with zero attached hydrogens (tertiary/aromatic N) is 1. The minimum absolute atomic E-state index is 0.195. The van der Waals surface area contributed by atoms with Crippen LogP contribution in [0.4, 0.5) is 5.69 Å². The average molecular weight is 300 g/mol. The van der Waals surface area contributed by atoms with E-state index >= 15 is 0 Å². The molecule has 0 unspecified atom stereocenters. The van der Waals surface area contributed by atoms with Crippen LogP contribution in [0.25, 0.3) is 11.4 Å². The number of H-pyrrole nitrogens is 1. The second-order valence-corrected chi connectivity index (χ2v) is 5.70. The number of amides is 1. The van der Waals surface area contributed by atoms with Crippen LogP contribution in [0.1, 0.15) is 26.5 Å². The van der Waals surface area contributed by atoms with Crippen molar-refractivity contribution in [3.05, 3.63) is 46.4 Å². The predicted octanol–water partition coefficient (Wildman–Crippen LogP) is 1.68.